The summed E-state index contributed by atoms with van der Waals surface area (Å²) in [5, 5.41) is 9.02. The summed E-state index contributed by atoms with van der Waals surface area (Å²) in [6.45, 7) is 5.21. The summed E-state index contributed by atoms with van der Waals surface area (Å²) in [6.07, 6.45) is 1.49. The highest BCUT2D eigenvalue weighted by Gasteiger charge is 2.28. The smallest absolute Gasteiger partial charge is 0.330 e. The van der Waals surface area contributed by atoms with Crippen LogP contribution in [0.4, 0.5) is 5.69 Å². The predicted molar refractivity (Wildman–Crippen MR) is 62.8 cm³/mol. The molecule has 0 fully saturated rings. The summed E-state index contributed by atoms with van der Waals surface area (Å²) in [7, 11) is 0. The zero-order valence-corrected chi connectivity index (χ0v) is 10.1. The van der Waals surface area contributed by atoms with Crippen LogP contribution in [0.2, 0.25) is 0 Å². The second kappa shape index (κ2) is 4.83. The van der Waals surface area contributed by atoms with E-state index in [1.165, 1.54) is 6.20 Å². The largest absolute Gasteiger partial charge is 0.459 e. The Morgan fingerprint density at radius 1 is 1.59 bits per heavy atom. The van der Waals surface area contributed by atoms with Crippen LogP contribution in [0.5, 0.6) is 0 Å². The van der Waals surface area contributed by atoms with Gasteiger partial charge >= 0.3 is 5.97 Å². The minimum Gasteiger partial charge on any atom is -0.459 e. The normalized spacial score (nSPS) is 12.6. The van der Waals surface area contributed by atoms with Crippen LogP contribution < -0.4 is 5.73 Å². The molecule has 17 heavy (non-hydrogen) atoms. The molecule has 0 spiro atoms. The lowest BCUT2D eigenvalue weighted by Gasteiger charge is -2.21. The second-order valence-electron chi connectivity index (χ2n) is 4.57. The Labute approximate surface area is 100 Å². The van der Waals surface area contributed by atoms with Gasteiger partial charge in [-0.15, -0.1) is 0 Å². The SMILES string of the molecule is CC(C)(C)OC(=O)[C@H](C#N)c1ncccc1N. The summed E-state index contributed by atoms with van der Waals surface area (Å²) in [5.74, 6) is -1.72. The molecule has 5 heteroatoms. The number of hydrogen-bond acceptors (Lipinski definition) is 5. The molecule has 0 bridgehead atoms. The predicted octanol–water partition coefficient (Wildman–Crippen LogP) is 1.61. The van der Waals surface area contributed by atoms with Gasteiger partial charge in [0.1, 0.15) is 5.60 Å². The monoisotopic (exact) mass is 233 g/mol. The summed E-state index contributed by atoms with van der Waals surface area (Å²) >= 11 is 0. The highest BCUT2D eigenvalue weighted by Crippen LogP contribution is 2.22. The zero-order valence-electron chi connectivity index (χ0n) is 10.1. The van der Waals surface area contributed by atoms with Gasteiger partial charge in [0.15, 0.2) is 5.92 Å². The van der Waals surface area contributed by atoms with Gasteiger partial charge in [-0.25, -0.2) is 0 Å². The third-order valence-corrected chi connectivity index (χ3v) is 1.92. The number of ether oxygens (including phenoxy) is 1. The van der Waals surface area contributed by atoms with Crippen molar-refractivity contribution in [2.75, 3.05) is 5.73 Å². The molecule has 0 aliphatic rings. The molecule has 0 saturated heterocycles. The van der Waals surface area contributed by atoms with E-state index < -0.39 is 17.5 Å². The van der Waals surface area contributed by atoms with E-state index in [1.54, 1.807) is 32.9 Å². The van der Waals surface area contributed by atoms with Crippen molar-refractivity contribution in [2.24, 2.45) is 0 Å². The lowest BCUT2D eigenvalue weighted by atomic mass is 10.0. The van der Waals surface area contributed by atoms with Crippen LogP contribution in [-0.4, -0.2) is 16.6 Å². The number of esters is 1. The van der Waals surface area contributed by atoms with Gasteiger partial charge in [-0.2, -0.15) is 5.26 Å². The van der Waals surface area contributed by atoms with Gasteiger partial charge in [-0.05, 0) is 32.9 Å². The van der Waals surface area contributed by atoms with E-state index in [1.807, 2.05) is 6.07 Å². The fraction of sp³-hybridized carbons (Fsp3) is 0.417. The molecule has 1 atom stereocenters. The molecule has 0 unspecified atom stereocenters. The molecule has 1 aromatic rings. The maximum atomic E-state index is 11.8. The van der Waals surface area contributed by atoms with Crippen molar-refractivity contribution in [2.45, 2.75) is 32.3 Å². The van der Waals surface area contributed by atoms with Crippen LogP contribution in [0.3, 0.4) is 0 Å². The highest BCUT2D eigenvalue weighted by atomic mass is 16.6. The average molecular weight is 233 g/mol. The summed E-state index contributed by atoms with van der Waals surface area (Å²) < 4.78 is 5.14. The van der Waals surface area contributed by atoms with E-state index >= 15 is 0 Å². The topological polar surface area (TPSA) is 89.0 Å². The van der Waals surface area contributed by atoms with E-state index in [0.29, 0.717) is 5.69 Å². The fourth-order valence-corrected chi connectivity index (χ4v) is 1.26. The number of rotatable bonds is 2. The minimum absolute atomic E-state index is 0.240. The first-order valence-electron chi connectivity index (χ1n) is 5.18. The highest BCUT2D eigenvalue weighted by molar-refractivity contribution is 5.82. The maximum absolute atomic E-state index is 11.8. The van der Waals surface area contributed by atoms with Crippen molar-refractivity contribution in [3.63, 3.8) is 0 Å². The lowest BCUT2D eigenvalue weighted by Crippen LogP contribution is -2.28. The van der Waals surface area contributed by atoms with E-state index in [2.05, 4.69) is 4.98 Å². The van der Waals surface area contributed by atoms with Crippen molar-refractivity contribution < 1.29 is 9.53 Å². The molecule has 1 rings (SSSR count). The van der Waals surface area contributed by atoms with Crippen molar-refractivity contribution in [3.8, 4) is 6.07 Å². The first-order chi connectivity index (χ1) is 7.85. The van der Waals surface area contributed by atoms with Crippen molar-refractivity contribution >= 4 is 11.7 Å². The minimum atomic E-state index is -1.09. The number of carbonyl (C=O) groups is 1. The number of nitrogens with two attached hydrogens (primary N) is 1. The van der Waals surface area contributed by atoms with Crippen molar-refractivity contribution in [3.05, 3.63) is 24.0 Å². The molecule has 0 saturated carbocycles. The standard InChI is InChI=1S/C12H15N3O2/c1-12(2,3)17-11(16)8(7-13)10-9(14)5-4-6-15-10/h4-6,8H,14H2,1-3H3/t8-/m1/s1. The molecule has 2 N–H and O–H groups in total. The van der Waals surface area contributed by atoms with E-state index in [-0.39, 0.29) is 5.69 Å². The van der Waals surface area contributed by atoms with Gasteiger partial charge in [-0.1, -0.05) is 0 Å². The van der Waals surface area contributed by atoms with Crippen LogP contribution in [0.15, 0.2) is 18.3 Å². The van der Waals surface area contributed by atoms with Gasteiger partial charge < -0.3 is 10.5 Å². The molecule has 0 aromatic carbocycles. The third kappa shape index (κ3) is 3.45. The number of nitrogens with zero attached hydrogens (tertiary/aromatic N) is 2. The van der Waals surface area contributed by atoms with Gasteiger partial charge in [0.25, 0.3) is 0 Å². The molecule has 1 heterocycles. The number of nitrogen functional groups attached to an aromatic ring is 1. The molecule has 0 aliphatic heterocycles. The van der Waals surface area contributed by atoms with Crippen molar-refractivity contribution in [1.82, 2.24) is 4.98 Å². The van der Waals surface area contributed by atoms with Crippen molar-refractivity contribution in [1.29, 1.82) is 5.26 Å². The van der Waals surface area contributed by atoms with Gasteiger partial charge in [0.2, 0.25) is 0 Å². The summed E-state index contributed by atoms with van der Waals surface area (Å²) in [6, 6.07) is 5.10. The van der Waals surface area contributed by atoms with E-state index in [4.69, 9.17) is 15.7 Å². The number of nitriles is 1. The Balaban J connectivity index is 2.98. The Hall–Kier alpha value is -2.09. The van der Waals surface area contributed by atoms with Crippen LogP contribution in [0.25, 0.3) is 0 Å². The molecular formula is C12H15N3O2. The molecule has 1 aromatic heterocycles. The van der Waals surface area contributed by atoms with Crippen LogP contribution in [0.1, 0.15) is 32.4 Å². The third-order valence-electron chi connectivity index (χ3n) is 1.92. The molecule has 0 amide bonds. The van der Waals surface area contributed by atoms with E-state index in [9.17, 15) is 4.79 Å². The van der Waals surface area contributed by atoms with Crippen LogP contribution in [-0.2, 0) is 9.53 Å². The van der Waals surface area contributed by atoms with Gasteiger partial charge in [0.05, 0.1) is 17.5 Å². The Morgan fingerprint density at radius 3 is 2.71 bits per heavy atom. The molecule has 0 aliphatic carbocycles. The fourth-order valence-electron chi connectivity index (χ4n) is 1.26. The van der Waals surface area contributed by atoms with Gasteiger partial charge in [-0.3, -0.25) is 9.78 Å². The lowest BCUT2D eigenvalue weighted by molar-refractivity contribution is -0.155. The second-order valence-corrected chi connectivity index (χ2v) is 4.57. The number of hydrogen-bond donors (Lipinski definition) is 1. The zero-order chi connectivity index (χ0) is 13.1. The molecule has 5 nitrogen and oxygen atoms in total. The number of pyridine rings is 1. The Kier molecular flexibility index (Phi) is 3.69. The number of carbonyl (C=O) groups excluding carboxylic acids is 1. The Bertz CT molecular complexity index is 458. The number of anilines is 1. The Morgan fingerprint density at radius 2 is 2.24 bits per heavy atom. The van der Waals surface area contributed by atoms with Gasteiger partial charge in [0, 0.05) is 6.20 Å². The number of aromatic nitrogens is 1. The molecule has 90 valence electrons. The summed E-state index contributed by atoms with van der Waals surface area (Å²) in [5.41, 5.74) is 5.58. The first kappa shape index (κ1) is 13.0. The average Bonchev–Trinajstić information content (AvgIpc) is 2.19. The first-order valence-corrected chi connectivity index (χ1v) is 5.18. The quantitative estimate of drug-likeness (QED) is 0.784. The van der Waals surface area contributed by atoms with Crippen LogP contribution in [0, 0.1) is 11.3 Å². The van der Waals surface area contributed by atoms with Crippen LogP contribution >= 0.6 is 0 Å². The molecular weight excluding hydrogens is 218 g/mol. The van der Waals surface area contributed by atoms with E-state index in [0.717, 1.165) is 0 Å². The maximum Gasteiger partial charge on any atom is 0.330 e. The molecule has 0 radical (unpaired) electrons. The summed E-state index contributed by atoms with van der Waals surface area (Å²) in [4.78, 5) is 15.8.